The van der Waals surface area contributed by atoms with Crippen LogP contribution >= 0.6 is 0 Å². The molecule has 1 saturated carbocycles. The van der Waals surface area contributed by atoms with Crippen molar-refractivity contribution in [3.8, 4) is 0 Å². The molecule has 118 valence electrons. The van der Waals surface area contributed by atoms with Crippen LogP contribution in [0.5, 0.6) is 0 Å². The zero-order chi connectivity index (χ0) is 14.9. The molecule has 3 rings (SSSR count). The minimum atomic E-state index is 0.494. The number of nitrogens with one attached hydrogen (secondary N) is 1. The molecule has 0 bridgehead atoms. The Bertz CT molecular complexity index is 448. The molecule has 0 aromatic carbocycles. The van der Waals surface area contributed by atoms with Crippen molar-refractivity contribution in [1.29, 1.82) is 0 Å². The molecule has 21 heavy (non-hydrogen) atoms. The van der Waals surface area contributed by atoms with Crippen LogP contribution in [0, 0.1) is 17.3 Å². The minimum absolute atomic E-state index is 0.494. The topological polar surface area (TPSA) is 25.2 Å². The lowest BCUT2D eigenvalue weighted by Gasteiger charge is -2.37. The Kier molecular flexibility index (Phi) is 4.44. The Morgan fingerprint density at radius 2 is 1.90 bits per heavy atom. The van der Waals surface area contributed by atoms with E-state index in [-0.39, 0.29) is 0 Å². The second-order valence-electron chi connectivity index (χ2n) is 8.24. The molecule has 0 radical (unpaired) electrons. The molecule has 0 aliphatic heterocycles. The van der Waals surface area contributed by atoms with Crippen molar-refractivity contribution in [2.75, 3.05) is 6.54 Å². The molecule has 1 aromatic rings. The van der Waals surface area contributed by atoms with Crippen molar-refractivity contribution < 1.29 is 4.42 Å². The summed E-state index contributed by atoms with van der Waals surface area (Å²) in [6.45, 7) is 8.39. The van der Waals surface area contributed by atoms with Crippen LogP contribution in [0.3, 0.4) is 0 Å². The zero-order valence-electron chi connectivity index (χ0n) is 14.0. The number of hydrogen-bond acceptors (Lipinski definition) is 2. The summed E-state index contributed by atoms with van der Waals surface area (Å²) in [7, 11) is 0. The first-order valence-electron chi connectivity index (χ1n) is 8.83. The van der Waals surface area contributed by atoms with E-state index in [9.17, 15) is 0 Å². The molecule has 2 nitrogen and oxygen atoms in total. The van der Waals surface area contributed by atoms with Crippen LogP contribution < -0.4 is 5.32 Å². The van der Waals surface area contributed by atoms with E-state index in [4.69, 9.17) is 4.42 Å². The summed E-state index contributed by atoms with van der Waals surface area (Å²) in [4.78, 5) is 0. The highest BCUT2D eigenvalue weighted by Gasteiger charge is 2.30. The maximum absolute atomic E-state index is 5.59. The molecule has 2 aliphatic rings. The lowest BCUT2D eigenvalue weighted by Crippen LogP contribution is -2.33. The van der Waals surface area contributed by atoms with Gasteiger partial charge in [0.05, 0.1) is 6.26 Å². The lowest BCUT2D eigenvalue weighted by atomic mass is 9.70. The van der Waals surface area contributed by atoms with Gasteiger partial charge in [-0.1, -0.05) is 20.8 Å². The van der Waals surface area contributed by atoms with Gasteiger partial charge in [0.1, 0.15) is 5.76 Å². The average molecular weight is 289 g/mol. The Labute approximate surface area is 129 Å². The third kappa shape index (κ3) is 3.53. The molecule has 0 spiro atoms. The monoisotopic (exact) mass is 289 g/mol. The zero-order valence-corrected chi connectivity index (χ0v) is 14.0. The molecule has 0 saturated heterocycles. The van der Waals surface area contributed by atoms with Crippen molar-refractivity contribution in [1.82, 2.24) is 5.32 Å². The van der Waals surface area contributed by atoms with Crippen LogP contribution in [0.15, 0.2) is 16.7 Å². The highest BCUT2D eigenvalue weighted by Crippen LogP contribution is 2.40. The third-order valence-corrected chi connectivity index (χ3v) is 5.78. The number of fused-ring (bicyclic) bond motifs is 1. The summed E-state index contributed by atoms with van der Waals surface area (Å²) >= 11 is 0. The van der Waals surface area contributed by atoms with Crippen molar-refractivity contribution in [2.24, 2.45) is 17.3 Å². The summed E-state index contributed by atoms with van der Waals surface area (Å²) < 4.78 is 5.59. The van der Waals surface area contributed by atoms with Crippen molar-refractivity contribution >= 4 is 0 Å². The second kappa shape index (κ2) is 6.16. The van der Waals surface area contributed by atoms with Gasteiger partial charge < -0.3 is 9.73 Å². The summed E-state index contributed by atoms with van der Waals surface area (Å²) in [5, 5.41) is 3.83. The quantitative estimate of drug-likeness (QED) is 0.837. The van der Waals surface area contributed by atoms with Crippen molar-refractivity contribution in [3.05, 3.63) is 23.7 Å². The van der Waals surface area contributed by atoms with Crippen LogP contribution in [0.25, 0.3) is 0 Å². The fourth-order valence-electron chi connectivity index (χ4n) is 4.24. The third-order valence-electron chi connectivity index (χ3n) is 5.78. The van der Waals surface area contributed by atoms with Gasteiger partial charge in [0, 0.05) is 18.0 Å². The number of furan rings is 1. The van der Waals surface area contributed by atoms with Crippen molar-refractivity contribution in [2.45, 2.75) is 71.8 Å². The standard InChI is InChI=1S/C19H31NO/c1-19(2,3)15-9-7-14(8-10-15)13-20-17-5-4-6-18-16(17)11-12-21-18/h11-12,14-15,17,20H,4-10,13H2,1-3H3. The van der Waals surface area contributed by atoms with Gasteiger partial charge in [0.25, 0.3) is 0 Å². The molecule has 1 aromatic heterocycles. The molecule has 1 unspecified atom stereocenters. The summed E-state index contributed by atoms with van der Waals surface area (Å²) in [6.07, 6.45) is 11.1. The molecule has 1 N–H and O–H groups in total. The van der Waals surface area contributed by atoms with E-state index >= 15 is 0 Å². The van der Waals surface area contributed by atoms with Crippen LogP contribution in [0.2, 0.25) is 0 Å². The normalized spacial score (nSPS) is 30.1. The molecular weight excluding hydrogens is 258 g/mol. The van der Waals surface area contributed by atoms with Gasteiger partial charge in [0.15, 0.2) is 0 Å². The lowest BCUT2D eigenvalue weighted by molar-refractivity contribution is 0.147. The van der Waals surface area contributed by atoms with Gasteiger partial charge in [-0.25, -0.2) is 0 Å². The van der Waals surface area contributed by atoms with Gasteiger partial charge in [-0.15, -0.1) is 0 Å². The fraction of sp³-hybridized carbons (Fsp3) is 0.789. The molecule has 1 heterocycles. The predicted octanol–water partition coefficient (Wildman–Crippen LogP) is 5.10. The molecule has 0 amide bonds. The maximum Gasteiger partial charge on any atom is 0.108 e. The molecule has 1 atom stereocenters. The maximum atomic E-state index is 5.59. The van der Waals surface area contributed by atoms with Crippen LogP contribution in [-0.4, -0.2) is 6.54 Å². The Morgan fingerprint density at radius 1 is 1.14 bits per heavy atom. The summed E-state index contributed by atoms with van der Waals surface area (Å²) in [5.41, 5.74) is 1.91. The Balaban J connectivity index is 1.48. The summed E-state index contributed by atoms with van der Waals surface area (Å²) in [6, 6.07) is 2.70. The van der Waals surface area contributed by atoms with E-state index in [0.29, 0.717) is 11.5 Å². The van der Waals surface area contributed by atoms with Gasteiger partial charge in [-0.2, -0.15) is 0 Å². The minimum Gasteiger partial charge on any atom is -0.469 e. The van der Waals surface area contributed by atoms with Crippen LogP contribution in [0.1, 0.15) is 76.7 Å². The first-order valence-corrected chi connectivity index (χ1v) is 8.83. The van der Waals surface area contributed by atoms with Crippen LogP contribution in [-0.2, 0) is 6.42 Å². The van der Waals surface area contributed by atoms with Crippen molar-refractivity contribution in [3.63, 3.8) is 0 Å². The number of rotatable bonds is 3. The van der Waals surface area contributed by atoms with E-state index in [0.717, 1.165) is 18.3 Å². The van der Waals surface area contributed by atoms with Gasteiger partial charge in [-0.05, 0) is 68.4 Å². The first-order chi connectivity index (χ1) is 10.0. The second-order valence-corrected chi connectivity index (χ2v) is 8.24. The highest BCUT2D eigenvalue weighted by molar-refractivity contribution is 5.24. The Hall–Kier alpha value is -0.760. The number of aryl methyl sites for hydroxylation is 1. The van der Waals surface area contributed by atoms with Gasteiger partial charge in [0.2, 0.25) is 0 Å². The fourth-order valence-corrected chi connectivity index (χ4v) is 4.24. The molecular formula is C19H31NO. The average Bonchev–Trinajstić information content (AvgIpc) is 2.93. The van der Waals surface area contributed by atoms with E-state index in [1.54, 1.807) is 0 Å². The molecule has 1 fully saturated rings. The highest BCUT2D eigenvalue weighted by atomic mass is 16.3. The molecule has 2 aliphatic carbocycles. The Morgan fingerprint density at radius 3 is 2.62 bits per heavy atom. The largest absolute Gasteiger partial charge is 0.469 e. The first kappa shape index (κ1) is 15.1. The smallest absolute Gasteiger partial charge is 0.108 e. The van der Waals surface area contributed by atoms with E-state index in [2.05, 4.69) is 32.2 Å². The van der Waals surface area contributed by atoms with E-state index in [1.807, 2.05) is 6.26 Å². The number of hydrogen-bond donors (Lipinski definition) is 1. The van der Waals surface area contributed by atoms with Gasteiger partial charge >= 0.3 is 0 Å². The molecule has 2 heteroatoms. The van der Waals surface area contributed by atoms with Crippen LogP contribution in [0.4, 0.5) is 0 Å². The SMILES string of the molecule is CC(C)(C)C1CCC(CNC2CCCc3occc32)CC1. The van der Waals surface area contributed by atoms with Gasteiger partial charge in [-0.3, -0.25) is 0 Å². The summed E-state index contributed by atoms with van der Waals surface area (Å²) in [5.74, 6) is 3.01. The van der Waals surface area contributed by atoms with E-state index in [1.165, 1.54) is 56.4 Å². The van der Waals surface area contributed by atoms with E-state index < -0.39 is 0 Å². The predicted molar refractivity (Wildman–Crippen MR) is 87.3 cm³/mol.